The molecule has 1 aromatic rings. The highest BCUT2D eigenvalue weighted by atomic mass is 35.5. The Balaban J connectivity index is 2.02. The molecule has 1 saturated carbocycles. The lowest BCUT2D eigenvalue weighted by atomic mass is 9.91. The number of benzene rings is 1. The van der Waals surface area contributed by atoms with Crippen LogP contribution in [-0.2, 0) is 4.79 Å². The molecule has 1 fully saturated rings. The fourth-order valence-corrected chi connectivity index (χ4v) is 2.87. The Morgan fingerprint density at radius 2 is 2.14 bits per heavy atom. The zero-order valence-electron chi connectivity index (χ0n) is 12.0. The van der Waals surface area contributed by atoms with Gasteiger partial charge in [-0.25, -0.2) is 0 Å². The molecule has 2 rings (SSSR count). The van der Waals surface area contributed by atoms with Crippen LogP contribution in [0.3, 0.4) is 0 Å². The molecule has 1 aromatic carbocycles. The molecule has 0 aromatic heterocycles. The first-order valence-electron chi connectivity index (χ1n) is 7.12. The van der Waals surface area contributed by atoms with Gasteiger partial charge >= 0.3 is 0 Å². The van der Waals surface area contributed by atoms with E-state index in [0.29, 0.717) is 28.3 Å². The third-order valence-corrected chi connectivity index (χ3v) is 4.68. The lowest BCUT2D eigenvalue weighted by molar-refractivity contribution is -0.118. The maximum Gasteiger partial charge on any atom is 0.238 e. The summed E-state index contributed by atoms with van der Waals surface area (Å²) >= 11 is 12.3. The molecule has 0 aliphatic heterocycles. The van der Waals surface area contributed by atoms with Crippen molar-refractivity contribution in [1.82, 2.24) is 4.90 Å². The number of anilines is 1. The van der Waals surface area contributed by atoms with Gasteiger partial charge in [0.1, 0.15) is 0 Å². The van der Waals surface area contributed by atoms with Crippen molar-refractivity contribution >= 4 is 34.8 Å². The van der Waals surface area contributed by atoms with Gasteiger partial charge in [-0.3, -0.25) is 9.69 Å². The third-order valence-electron chi connectivity index (χ3n) is 3.87. The molecule has 0 spiro atoms. The fourth-order valence-electron chi connectivity index (χ4n) is 2.41. The Kier molecular flexibility index (Phi) is 5.88. The van der Waals surface area contributed by atoms with Crippen LogP contribution in [0, 0.1) is 6.92 Å². The quantitative estimate of drug-likeness (QED) is 0.842. The van der Waals surface area contributed by atoms with Crippen LogP contribution in [0.15, 0.2) is 12.1 Å². The standard InChI is InChI=1S/C15H20Cl2N2O2/c1-10-5-6-12(16)15(14(10)17)18-13(21)9-19(7-8-20)11-3-2-4-11/h5-6,11,20H,2-4,7-9H2,1H3,(H,18,21). The van der Waals surface area contributed by atoms with E-state index in [9.17, 15) is 4.79 Å². The van der Waals surface area contributed by atoms with Gasteiger partial charge in [-0.05, 0) is 31.4 Å². The van der Waals surface area contributed by atoms with Gasteiger partial charge in [0.2, 0.25) is 5.91 Å². The molecule has 0 bridgehead atoms. The summed E-state index contributed by atoms with van der Waals surface area (Å²) in [5, 5.41) is 12.8. The topological polar surface area (TPSA) is 52.6 Å². The van der Waals surface area contributed by atoms with E-state index < -0.39 is 0 Å². The summed E-state index contributed by atoms with van der Waals surface area (Å²) in [5.41, 5.74) is 1.32. The van der Waals surface area contributed by atoms with E-state index in [4.69, 9.17) is 28.3 Å². The summed E-state index contributed by atoms with van der Waals surface area (Å²) in [6, 6.07) is 3.93. The van der Waals surface area contributed by atoms with E-state index >= 15 is 0 Å². The summed E-state index contributed by atoms with van der Waals surface area (Å²) in [4.78, 5) is 14.2. The number of amides is 1. The van der Waals surface area contributed by atoms with Gasteiger partial charge in [0.05, 0.1) is 28.9 Å². The van der Waals surface area contributed by atoms with Crippen molar-refractivity contribution in [2.75, 3.05) is 25.0 Å². The van der Waals surface area contributed by atoms with Gasteiger partial charge in [-0.15, -0.1) is 0 Å². The zero-order valence-corrected chi connectivity index (χ0v) is 13.5. The number of carbonyl (C=O) groups is 1. The monoisotopic (exact) mass is 330 g/mol. The number of nitrogens with one attached hydrogen (secondary N) is 1. The van der Waals surface area contributed by atoms with Crippen LogP contribution in [0.4, 0.5) is 5.69 Å². The number of aliphatic hydroxyl groups excluding tert-OH is 1. The molecule has 2 N–H and O–H groups in total. The van der Waals surface area contributed by atoms with Crippen molar-refractivity contribution in [2.24, 2.45) is 0 Å². The highest BCUT2D eigenvalue weighted by Crippen LogP contribution is 2.33. The SMILES string of the molecule is Cc1ccc(Cl)c(NC(=O)CN(CCO)C2CCC2)c1Cl. The summed E-state index contributed by atoms with van der Waals surface area (Å²) in [6.07, 6.45) is 3.35. The maximum atomic E-state index is 12.2. The van der Waals surface area contributed by atoms with Crippen molar-refractivity contribution in [1.29, 1.82) is 0 Å². The predicted molar refractivity (Wildman–Crippen MR) is 86.1 cm³/mol. The molecule has 0 heterocycles. The number of rotatable bonds is 6. The molecule has 0 radical (unpaired) electrons. The molecule has 1 aliphatic carbocycles. The first-order chi connectivity index (χ1) is 10.0. The number of carbonyl (C=O) groups excluding carboxylic acids is 1. The molecule has 116 valence electrons. The van der Waals surface area contributed by atoms with Gasteiger partial charge in [0, 0.05) is 12.6 Å². The highest BCUT2D eigenvalue weighted by molar-refractivity contribution is 6.40. The van der Waals surface area contributed by atoms with Gasteiger partial charge in [-0.1, -0.05) is 35.7 Å². The van der Waals surface area contributed by atoms with E-state index in [-0.39, 0.29) is 19.1 Å². The number of aliphatic hydroxyl groups is 1. The van der Waals surface area contributed by atoms with E-state index in [1.165, 1.54) is 6.42 Å². The zero-order chi connectivity index (χ0) is 15.4. The highest BCUT2D eigenvalue weighted by Gasteiger charge is 2.26. The smallest absolute Gasteiger partial charge is 0.238 e. The van der Waals surface area contributed by atoms with Crippen LogP contribution in [0.2, 0.25) is 10.0 Å². The number of aryl methyl sites for hydroxylation is 1. The molecule has 6 heteroatoms. The summed E-state index contributed by atoms with van der Waals surface area (Å²) < 4.78 is 0. The Labute approximate surface area is 135 Å². The van der Waals surface area contributed by atoms with E-state index in [2.05, 4.69) is 5.32 Å². The summed E-state index contributed by atoms with van der Waals surface area (Å²) in [6.45, 7) is 2.66. The molecule has 0 atom stereocenters. The summed E-state index contributed by atoms with van der Waals surface area (Å²) in [5.74, 6) is -0.162. The maximum absolute atomic E-state index is 12.2. The Morgan fingerprint density at radius 3 is 2.71 bits per heavy atom. The second-order valence-electron chi connectivity index (χ2n) is 5.38. The molecular formula is C15H20Cl2N2O2. The minimum absolute atomic E-state index is 0.0513. The van der Waals surface area contributed by atoms with Gasteiger partial charge in [-0.2, -0.15) is 0 Å². The number of hydrogen-bond donors (Lipinski definition) is 2. The minimum atomic E-state index is -0.162. The first-order valence-corrected chi connectivity index (χ1v) is 7.88. The van der Waals surface area contributed by atoms with Gasteiger partial charge in [0.25, 0.3) is 0 Å². The predicted octanol–water partition coefficient (Wildman–Crippen LogP) is 3.09. The van der Waals surface area contributed by atoms with Crippen LogP contribution in [-0.4, -0.2) is 41.7 Å². The van der Waals surface area contributed by atoms with Crippen molar-refractivity contribution < 1.29 is 9.90 Å². The van der Waals surface area contributed by atoms with Gasteiger partial charge in [0.15, 0.2) is 0 Å². The molecule has 0 saturated heterocycles. The lowest BCUT2D eigenvalue weighted by Crippen LogP contribution is -2.45. The number of halogens is 2. The number of nitrogens with zero attached hydrogens (tertiary/aromatic N) is 1. The molecular weight excluding hydrogens is 311 g/mol. The molecule has 21 heavy (non-hydrogen) atoms. The Bertz CT molecular complexity index is 519. The van der Waals surface area contributed by atoms with Crippen LogP contribution in [0.5, 0.6) is 0 Å². The average Bonchev–Trinajstić information content (AvgIpc) is 2.37. The van der Waals surface area contributed by atoms with E-state index in [1.807, 2.05) is 17.9 Å². The Hall–Kier alpha value is -0.810. The van der Waals surface area contributed by atoms with E-state index in [0.717, 1.165) is 18.4 Å². The Morgan fingerprint density at radius 1 is 1.43 bits per heavy atom. The third kappa shape index (κ3) is 4.10. The molecule has 1 aliphatic rings. The van der Waals surface area contributed by atoms with Crippen molar-refractivity contribution in [3.8, 4) is 0 Å². The van der Waals surface area contributed by atoms with Crippen molar-refractivity contribution in [3.05, 3.63) is 27.7 Å². The number of hydrogen-bond acceptors (Lipinski definition) is 3. The van der Waals surface area contributed by atoms with Crippen LogP contribution in [0.1, 0.15) is 24.8 Å². The minimum Gasteiger partial charge on any atom is -0.395 e. The fraction of sp³-hybridized carbons (Fsp3) is 0.533. The average molecular weight is 331 g/mol. The lowest BCUT2D eigenvalue weighted by Gasteiger charge is -2.36. The van der Waals surface area contributed by atoms with Crippen LogP contribution >= 0.6 is 23.2 Å². The van der Waals surface area contributed by atoms with Crippen molar-refractivity contribution in [3.63, 3.8) is 0 Å². The van der Waals surface area contributed by atoms with Gasteiger partial charge < -0.3 is 10.4 Å². The first kappa shape index (κ1) is 16.6. The summed E-state index contributed by atoms with van der Waals surface area (Å²) in [7, 11) is 0. The van der Waals surface area contributed by atoms with Crippen LogP contribution < -0.4 is 5.32 Å². The van der Waals surface area contributed by atoms with E-state index in [1.54, 1.807) is 6.07 Å². The normalized spacial score (nSPS) is 15.1. The molecule has 0 unspecified atom stereocenters. The largest absolute Gasteiger partial charge is 0.395 e. The second-order valence-corrected chi connectivity index (χ2v) is 6.17. The second kappa shape index (κ2) is 7.45. The molecule has 4 nitrogen and oxygen atoms in total. The molecule has 1 amide bonds. The van der Waals surface area contributed by atoms with Crippen LogP contribution in [0.25, 0.3) is 0 Å². The van der Waals surface area contributed by atoms with Crippen molar-refractivity contribution in [2.45, 2.75) is 32.2 Å².